The molecule has 0 saturated carbocycles. The first-order valence-corrected chi connectivity index (χ1v) is 7.67. The third-order valence-electron chi connectivity index (χ3n) is 4.42. The summed E-state index contributed by atoms with van der Waals surface area (Å²) in [5.74, 6) is 1.04. The zero-order valence-corrected chi connectivity index (χ0v) is 12.8. The fraction of sp³-hybridized carbons (Fsp3) is 0.625. The third kappa shape index (κ3) is 3.55. The second kappa shape index (κ2) is 6.75. The third-order valence-corrected chi connectivity index (χ3v) is 4.42. The van der Waals surface area contributed by atoms with Crippen LogP contribution in [0.25, 0.3) is 0 Å². The Kier molecular flexibility index (Phi) is 4.75. The van der Waals surface area contributed by atoms with Gasteiger partial charge < -0.3 is 9.47 Å². The molecule has 5 heteroatoms. The van der Waals surface area contributed by atoms with Gasteiger partial charge in [0.25, 0.3) is 0 Å². The van der Waals surface area contributed by atoms with Crippen molar-refractivity contribution in [3.05, 3.63) is 29.8 Å². The monoisotopic (exact) mass is 291 g/mol. The largest absolute Gasteiger partial charge is 0.492 e. The molecule has 2 N–H and O–H groups in total. The number of hydrogen-bond acceptors (Lipinski definition) is 5. The van der Waals surface area contributed by atoms with Crippen molar-refractivity contribution in [1.82, 2.24) is 15.8 Å². The maximum atomic E-state index is 5.88. The lowest BCUT2D eigenvalue weighted by Crippen LogP contribution is -2.47. The van der Waals surface area contributed by atoms with Crippen LogP contribution in [0, 0.1) is 0 Å². The van der Waals surface area contributed by atoms with E-state index in [0.29, 0.717) is 18.1 Å². The summed E-state index contributed by atoms with van der Waals surface area (Å²) in [4.78, 5) is 2.41. The maximum Gasteiger partial charge on any atom is 0.122 e. The van der Waals surface area contributed by atoms with Crippen LogP contribution in [0.1, 0.15) is 12.0 Å². The first-order valence-electron chi connectivity index (χ1n) is 7.67. The van der Waals surface area contributed by atoms with Crippen LogP contribution in [0.3, 0.4) is 0 Å². The number of fused-ring (bicyclic) bond motifs is 1. The second-order valence-electron chi connectivity index (χ2n) is 6.09. The molecule has 1 fully saturated rings. The molecule has 0 amide bonds. The standard InChI is InChI=1S/C16H25N3O2/c1-19(9-13-8-14(10-20-2)18-17-13)15-7-12-5-3-4-6-16(12)21-11-15/h3-6,13-15,17-18H,7-11H2,1-2H3. The average molecular weight is 291 g/mol. The van der Waals surface area contributed by atoms with E-state index < -0.39 is 0 Å². The van der Waals surface area contributed by atoms with Gasteiger partial charge in [-0.2, -0.15) is 0 Å². The molecule has 2 heterocycles. The van der Waals surface area contributed by atoms with Crippen molar-refractivity contribution >= 4 is 0 Å². The van der Waals surface area contributed by atoms with E-state index in [9.17, 15) is 0 Å². The number of likely N-dealkylation sites (N-methyl/N-ethyl adjacent to an activating group) is 1. The van der Waals surface area contributed by atoms with Crippen molar-refractivity contribution in [3.63, 3.8) is 0 Å². The van der Waals surface area contributed by atoms with Crippen molar-refractivity contribution in [2.75, 3.05) is 33.9 Å². The highest BCUT2D eigenvalue weighted by atomic mass is 16.5. The maximum absolute atomic E-state index is 5.88. The molecule has 0 bridgehead atoms. The van der Waals surface area contributed by atoms with Crippen LogP contribution in [0.15, 0.2) is 24.3 Å². The molecule has 5 nitrogen and oxygen atoms in total. The second-order valence-corrected chi connectivity index (χ2v) is 6.09. The first-order chi connectivity index (χ1) is 10.3. The van der Waals surface area contributed by atoms with Gasteiger partial charge >= 0.3 is 0 Å². The summed E-state index contributed by atoms with van der Waals surface area (Å²) in [6.45, 7) is 2.55. The van der Waals surface area contributed by atoms with E-state index in [2.05, 4.69) is 41.0 Å². The topological polar surface area (TPSA) is 45.8 Å². The van der Waals surface area contributed by atoms with Crippen LogP contribution < -0.4 is 15.6 Å². The Morgan fingerprint density at radius 1 is 1.29 bits per heavy atom. The summed E-state index contributed by atoms with van der Waals surface area (Å²) >= 11 is 0. The number of hydrazine groups is 1. The Balaban J connectivity index is 1.52. The molecule has 3 unspecified atom stereocenters. The Morgan fingerprint density at radius 3 is 2.95 bits per heavy atom. The van der Waals surface area contributed by atoms with Crippen molar-refractivity contribution in [1.29, 1.82) is 0 Å². The van der Waals surface area contributed by atoms with E-state index in [1.807, 2.05) is 6.07 Å². The Bertz CT molecular complexity index is 469. The Hall–Kier alpha value is -1.14. The van der Waals surface area contributed by atoms with Gasteiger partial charge in [0, 0.05) is 31.8 Å². The summed E-state index contributed by atoms with van der Waals surface area (Å²) in [7, 11) is 3.94. The zero-order chi connectivity index (χ0) is 14.7. The van der Waals surface area contributed by atoms with Crippen molar-refractivity contribution < 1.29 is 9.47 Å². The van der Waals surface area contributed by atoms with Crippen LogP contribution in [-0.2, 0) is 11.2 Å². The van der Waals surface area contributed by atoms with E-state index in [-0.39, 0.29) is 0 Å². The summed E-state index contributed by atoms with van der Waals surface area (Å²) in [5, 5.41) is 0. The smallest absolute Gasteiger partial charge is 0.122 e. The van der Waals surface area contributed by atoms with E-state index in [0.717, 1.165) is 38.3 Å². The molecule has 0 radical (unpaired) electrons. The van der Waals surface area contributed by atoms with Gasteiger partial charge in [-0.3, -0.25) is 15.8 Å². The molecule has 1 aromatic rings. The predicted molar refractivity (Wildman–Crippen MR) is 82.4 cm³/mol. The van der Waals surface area contributed by atoms with Crippen molar-refractivity contribution in [2.45, 2.75) is 31.0 Å². The van der Waals surface area contributed by atoms with Crippen LogP contribution >= 0.6 is 0 Å². The van der Waals surface area contributed by atoms with E-state index in [1.165, 1.54) is 5.56 Å². The number of benzene rings is 1. The minimum absolute atomic E-state index is 0.414. The molecule has 116 valence electrons. The molecular formula is C16H25N3O2. The van der Waals surface area contributed by atoms with E-state index >= 15 is 0 Å². The van der Waals surface area contributed by atoms with Gasteiger partial charge in [0.2, 0.25) is 0 Å². The number of methoxy groups -OCH3 is 1. The molecular weight excluding hydrogens is 266 g/mol. The molecule has 0 spiro atoms. The number of hydrogen-bond donors (Lipinski definition) is 2. The quantitative estimate of drug-likeness (QED) is 0.840. The minimum Gasteiger partial charge on any atom is -0.492 e. The van der Waals surface area contributed by atoms with Crippen LogP contribution in [0.5, 0.6) is 5.75 Å². The molecule has 0 aromatic heterocycles. The van der Waals surface area contributed by atoms with Crippen LogP contribution in [0.2, 0.25) is 0 Å². The summed E-state index contributed by atoms with van der Waals surface area (Å²) in [5.41, 5.74) is 7.98. The summed E-state index contributed by atoms with van der Waals surface area (Å²) in [6, 6.07) is 9.67. The van der Waals surface area contributed by atoms with E-state index in [4.69, 9.17) is 9.47 Å². The van der Waals surface area contributed by atoms with Gasteiger partial charge in [-0.1, -0.05) is 18.2 Å². The number of rotatable bonds is 5. The lowest BCUT2D eigenvalue weighted by atomic mass is 10.0. The number of para-hydroxylation sites is 1. The highest BCUT2D eigenvalue weighted by Gasteiger charge is 2.28. The van der Waals surface area contributed by atoms with Gasteiger partial charge in [-0.25, -0.2) is 0 Å². The van der Waals surface area contributed by atoms with Gasteiger partial charge in [0.1, 0.15) is 12.4 Å². The molecule has 1 saturated heterocycles. The fourth-order valence-electron chi connectivity index (χ4n) is 3.22. The Labute approximate surface area is 126 Å². The lowest BCUT2D eigenvalue weighted by molar-refractivity contribution is 0.134. The molecule has 3 atom stereocenters. The summed E-state index contributed by atoms with van der Waals surface area (Å²) < 4.78 is 11.1. The predicted octanol–water partition coefficient (Wildman–Crippen LogP) is 0.803. The van der Waals surface area contributed by atoms with Gasteiger partial charge in [0.15, 0.2) is 0 Å². The number of nitrogens with zero attached hydrogens (tertiary/aromatic N) is 1. The normalized spacial score (nSPS) is 28.4. The lowest BCUT2D eigenvalue weighted by Gasteiger charge is -2.33. The van der Waals surface area contributed by atoms with Crippen LogP contribution in [-0.4, -0.2) is 56.9 Å². The average Bonchev–Trinajstić information content (AvgIpc) is 2.94. The molecule has 1 aromatic carbocycles. The molecule has 3 rings (SSSR count). The Morgan fingerprint density at radius 2 is 2.10 bits per heavy atom. The molecule has 2 aliphatic heterocycles. The molecule has 0 aliphatic carbocycles. The minimum atomic E-state index is 0.414. The first kappa shape index (κ1) is 14.8. The molecule has 2 aliphatic rings. The highest BCUT2D eigenvalue weighted by molar-refractivity contribution is 5.35. The summed E-state index contributed by atoms with van der Waals surface area (Å²) in [6.07, 6.45) is 2.16. The van der Waals surface area contributed by atoms with Gasteiger partial charge in [-0.05, 0) is 31.5 Å². The van der Waals surface area contributed by atoms with Crippen molar-refractivity contribution in [2.24, 2.45) is 0 Å². The SMILES string of the molecule is COCC1CC(CN(C)C2COc3ccccc3C2)NN1. The highest BCUT2D eigenvalue weighted by Crippen LogP contribution is 2.25. The number of ether oxygens (including phenoxy) is 2. The van der Waals surface area contributed by atoms with Gasteiger partial charge in [0.05, 0.1) is 6.61 Å². The van der Waals surface area contributed by atoms with Gasteiger partial charge in [-0.15, -0.1) is 0 Å². The fourth-order valence-corrected chi connectivity index (χ4v) is 3.22. The zero-order valence-electron chi connectivity index (χ0n) is 12.8. The van der Waals surface area contributed by atoms with E-state index in [1.54, 1.807) is 7.11 Å². The van der Waals surface area contributed by atoms with Crippen molar-refractivity contribution in [3.8, 4) is 5.75 Å². The van der Waals surface area contributed by atoms with Crippen LogP contribution in [0.4, 0.5) is 0 Å². The number of nitrogens with one attached hydrogen (secondary N) is 2. The molecule has 21 heavy (non-hydrogen) atoms.